The van der Waals surface area contributed by atoms with Crippen molar-refractivity contribution in [1.82, 2.24) is 0 Å². The first-order valence-corrected chi connectivity index (χ1v) is 11.4. The highest BCUT2D eigenvalue weighted by molar-refractivity contribution is 8.05. The smallest absolute Gasteiger partial charge is 0.341 e. The number of carbonyl (C=O) groups excluding carboxylic acids is 1. The monoisotopic (exact) mass is 448 g/mol. The number of thioether (sulfide) groups is 1. The maximum Gasteiger partial charge on any atom is 0.341 e. The highest BCUT2D eigenvalue weighted by atomic mass is 32.2. The van der Waals surface area contributed by atoms with Gasteiger partial charge in [0.25, 0.3) is 0 Å². The second-order valence-electron chi connectivity index (χ2n) is 8.48. The lowest BCUT2D eigenvalue weighted by molar-refractivity contribution is -0.133. The normalized spacial score (nSPS) is 22.8. The molecule has 2 heterocycles. The first-order chi connectivity index (χ1) is 15.9. The van der Waals surface area contributed by atoms with Crippen molar-refractivity contribution >= 4 is 17.7 Å². The number of nitriles is 2. The summed E-state index contributed by atoms with van der Waals surface area (Å²) in [5.74, 6) is -0.452. The van der Waals surface area contributed by atoms with E-state index in [1.807, 2.05) is 79.7 Å². The molecule has 4 nitrogen and oxygen atoms in total. The number of carbonyl (C=O) groups is 1. The zero-order chi connectivity index (χ0) is 23.4. The van der Waals surface area contributed by atoms with Gasteiger partial charge in [0.05, 0.1) is 15.7 Å². The van der Waals surface area contributed by atoms with Crippen molar-refractivity contribution in [3.05, 3.63) is 116 Å². The summed E-state index contributed by atoms with van der Waals surface area (Å²) in [6.07, 6.45) is 2.16. The molecule has 2 aliphatic heterocycles. The Labute approximate surface area is 197 Å². The third kappa shape index (κ3) is 2.61. The zero-order valence-corrected chi connectivity index (χ0v) is 19.3. The van der Waals surface area contributed by atoms with Crippen molar-refractivity contribution in [3.63, 3.8) is 0 Å². The van der Waals surface area contributed by atoms with Crippen LogP contribution in [-0.4, -0.2) is 10.7 Å². The molecule has 2 aromatic rings. The Morgan fingerprint density at radius 1 is 0.939 bits per heavy atom. The average Bonchev–Trinajstić information content (AvgIpc) is 3.33. The molecule has 0 aromatic heterocycles. The predicted molar refractivity (Wildman–Crippen MR) is 127 cm³/mol. The van der Waals surface area contributed by atoms with Gasteiger partial charge in [0.15, 0.2) is 11.3 Å². The molecule has 2 aromatic carbocycles. The van der Waals surface area contributed by atoms with Crippen LogP contribution < -0.4 is 0 Å². The molecule has 3 aliphatic rings. The van der Waals surface area contributed by atoms with Gasteiger partial charge in [-0.3, -0.25) is 0 Å². The Morgan fingerprint density at radius 3 is 2.00 bits per heavy atom. The SMILES string of the molecule is CC1=CC2=C(C)C3=C(C(=O)OC3=C(C#N)C#N)C(c3ccccc3)(c3ccccc3)C2(C)S1. The van der Waals surface area contributed by atoms with Crippen LogP contribution in [0.25, 0.3) is 0 Å². The zero-order valence-electron chi connectivity index (χ0n) is 18.5. The number of allylic oxidation sites excluding steroid dienone is 4. The van der Waals surface area contributed by atoms with Crippen LogP contribution in [0.1, 0.15) is 31.9 Å². The maximum absolute atomic E-state index is 13.7. The molecule has 0 N–H and O–H groups in total. The number of hydrogen-bond acceptors (Lipinski definition) is 5. The summed E-state index contributed by atoms with van der Waals surface area (Å²) < 4.78 is 5.17. The molecule has 0 radical (unpaired) electrons. The van der Waals surface area contributed by atoms with Gasteiger partial charge in [-0.2, -0.15) is 10.5 Å². The summed E-state index contributed by atoms with van der Waals surface area (Å²) in [5.41, 5.74) is 3.81. The average molecular weight is 449 g/mol. The summed E-state index contributed by atoms with van der Waals surface area (Å²) in [6.45, 7) is 6.20. The van der Waals surface area contributed by atoms with E-state index in [0.717, 1.165) is 27.2 Å². The van der Waals surface area contributed by atoms with Gasteiger partial charge >= 0.3 is 5.97 Å². The molecule has 0 fully saturated rings. The molecule has 0 amide bonds. The molecule has 1 aliphatic carbocycles. The number of nitrogens with zero attached hydrogens (tertiary/aromatic N) is 2. The fourth-order valence-corrected chi connectivity index (χ4v) is 7.29. The summed E-state index contributed by atoms with van der Waals surface area (Å²) in [4.78, 5) is 14.8. The van der Waals surface area contributed by atoms with Crippen molar-refractivity contribution < 1.29 is 9.53 Å². The minimum absolute atomic E-state index is 0.0613. The van der Waals surface area contributed by atoms with Gasteiger partial charge < -0.3 is 4.74 Å². The Kier molecular flexibility index (Phi) is 4.71. The topological polar surface area (TPSA) is 73.9 Å². The lowest BCUT2D eigenvalue weighted by Gasteiger charge is -2.51. The molecule has 5 rings (SSSR count). The van der Waals surface area contributed by atoms with Gasteiger partial charge in [-0.15, -0.1) is 11.8 Å². The van der Waals surface area contributed by atoms with Gasteiger partial charge in [0.2, 0.25) is 0 Å². The van der Waals surface area contributed by atoms with E-state index in [-0.39, 0.29) is 11.3 Å². The number of fused-ring (bicyclic) bond motifs is 1. The Balaban J connectivity index is 2.03. The second kappa shape index (κ2) is 7.37. The largest absolute Gasteiger partial charge is 0.420 e. The summed E-state index contributed by atoms with van der Waals surface area (Å²) in [5, 5.41) is 19.2. The van der Waals surface area contributed by atoms with Crippen LogP contribution in [0.15, 0.2) is 105 Å². The van der Waals surface area contributed by atoms with E-state index in [0.29, 0.717) is 11.1 Å². The molecule has 0 bridgehead atoms. The quantitative estimate of drug-likeness (QED) is 0.424. The van der Waals surface area contributed by atoms with Crippen LogP contribution in [0.4, 0.5) is 0 Å². The maximum atomic E-state index is 13.7. The third-order valence-corrected chi connectivity index (χ3v) is 8.21. The van der Waals surface area contributed by atoms with E-state index in [9.17, 15) is 15.3 Å². The first kappa shape index (κ1) is 21.1. The van der Waals surface area contributed by atoms with Crippen LogP contribution in [0.2, 0.25) is 0 Å². The summed E-state index contributed by atoms with van der Waals surface area (Å²) >= 11 is 1.74. The number of hydrogen-bond donors (Lipinski definition) is 0. The first-order valence-electron chi connectivity index (χ1n) is 10.6. The van der Waals surface area contributed by atoms with E-state index in [2.05, 4.69) is 19.9 Å². The van der Waals surface area contributed by atoms with Crippen molar-refractivity contribution in [2.45, 2.75) is 30.9 Å². The van der Waals surface area contributed by atoms with Gasteiger partial charge in [0.1, 0.15) is 12.1 Å². The highest BCUT2D eigenvalue weighted by Gasteiger charge is 2.64. The molecule has 5 heteroatoms. The summed E-state index contributed by atoms with van der Waals surface area (Å²) in [7, 11) is 0. The number of cyclic esters (lactones) is 1. The van der Waals surface area contributed by atoms with Crippen molar-refractivity contribution in [2.75, 3.05) is 0 Å². The van der Waals surface area contributed by atoms with Crippen molar-refractivity contribution in [3.8, 4) is 12.1 Å². The van der Waals surface area contributed by atoms with Crippen molar-refractivity contribution in [2.24, 2.45) is 0 Å². The number of benzene rings is 2. The van der Waals surface area contributed by atoms with Crippen LogP contribution in [0, 0.1) is 22.7 Å². The minimum Gasteiger partial charge on any atom is -0.420 e. The fraction of sp³-hybridized carbons (Fsp3) is 0.179. The second-order valence-corrected chi connectivity index (χ2v) is 10.1. The molecule has 0 spiro atoms. The lowest BCUT2D eigenvalue weighted by atomic mass is 9.55. The predicted octanol–water partition coefficient (Wildman–Crippen LogP) is 5.87. The molecule has 160 valence electrons. The van der Waals surface area contributed by atoms with Gasteiger partial charge in [0, 0.05) is 5.57 Å². The minimum atomic E-state index is -0.895. The Bertz CT molecular complexity index is 1360. The van der Waals surface area contributed by atoms with Crippen LogP contribution >= 0.6 is 11.8 Å². The van der Waals surface area contributed by atoms with Gasteiger partial charge in [-0.05, 0) is 54.0 Å². The van der Waals surface area contributed by atoms with E-state index < -0.39 is 16.1 Å². The highest BCUT2D eigenvalue weighted by Crippen LogP contribution is 2.67. The van der Waals surface area contributed by atoms with E-state index in [4.69, 9.17) is 4.74 Å². The molecule has 1 atom stereocenters. The van der Waals surface area contributed by atoms with Crippen molar-refractivity contribution in [1.29, 1.82) is 10.5 Å². The van der Waals surface area contributed by atoms with Gasteiger partial charge in [-0.1, -0.05) is 60.7 Å². The van der Waals surface area contributed by atoms with E-state index >= 15 is 0 Å². The number of esters is 1. The van der Waals surface area contributed by atoms with E-state index in [1.54, 1.807) is 11.8 Å². The summed E-state index contributed by atoms with van der Waals surface area (Å²) in [6, 6.07) is 23.8. The van der Waals surface area contributed by atoms with Crippen LogP contribution in [-0.2, 0) is 14.9 Å². The van der Waals surface area contributed by atoms with E-state index in [1.165, 1.54) is 0 Å². The lowest BCUT2D eigenvalue weighted by Crippen LogP contribution is -2.53. The Hall–Kier alpha value is -3.80. The third-order valence-electron chi connectivity index (χ3n) is 6.84. The van der Waals surface area contributed by atoms with Crippen LogP contribution in [0.3, 0.4) is 0 Å². The molecule has 33 heavy (non-hydrogen) atoms. The molecule has 1 unspecified atom stereocenters. The fourth-order valence-electron chi connectivity index (χ4n) is 5.66. The molecule has 0 saturated carbocycles. The van der Waals surface area contributed by atoms with Gasteiger partial charge in [-0.25, -0.2) is 4.79 Å². The molecular weight excluding hydrogens is 428 g/mol. The number of rotatable bonds is 2. The molecular formula is C28H20N2O2S. The van der Waals surface area contributed by atoms with Crippen LogP contribution in [0.5, 0.6) is 0 Å². The standard InChI is InChI=1S/C28H20N2O2S/c1-17-14-22-18(2)23-24(26(31)32-25(23)19(15-29)16-30)28(27(22,3)33-17,20-10-6-4-7-11-20)21-12-8-5-9-13-21/h4-14H,1-3H3. The molecule has 0 saturated heterocycles. The number of ether oxygens (including phenoxy) is 1. The Morgan fingerprint density at radius 2 is 1.48 bits per heavy atom.